The first kappa shape index (κ1) is 22.9. The van der Waals surface area contributed by atoms with Gasteiger partial charge in [0.1, 0.15) is 6.10 Å². The molecule has 0 aromatic heterocycles. The average molecular weight is 410 g/mol. The molecule has 0 fully saturated rings. The first-order valence-electron chi connectivity index (χ1n) is 6.99. The Balaban J connectivity index is 0.00000104. The molecule has 1 atom stereocenters. The summed E-state index contributed by atoms with van der Waals surface area (Å²) in [6.45, 7) is 1.08. The molecule has 8 heteroatoms. The molecule has 128 valence electrons. The average Bonchev–Trinajstić information content (AvgIpc) is 2.56. The van der Waals surface area contributed by atoms with Gasteiger partial charge in [0.15, 0.2) is 0 Å². The molecule has 0 heterocycles. The van der Waals surface area contributed by atoms with Crippen LogP contribution in [-0.2, 0) is 24.3 Å². The van der Waals surface area contributed by atoms with E-state index in [2.05, 4.69) is 22.7 Å². The van der Waals surface area contributed by atoms with E-state index in [1.807, 2.05) is 60.7 Å². The minimum atomic E-state index is -0.888. The number of aliphatic carboxylic acids is 1. The number of benzene rings is 2. The molecule has 0 bridgehead atoms. The van der Waals surface area contributed by atoms with Crippen molar-refractivity contribution in [2.24, 2.45) is 5.10 Å². The molecule has 1 unspecified atom stereocenters. The molecule has 6 nitrogen and oxygen atoms in total. The number of carboxylic acid groups (broad SMARTS) is 1. The van der Waals surface area contributed by atoms with Gasteiger partial charge < -0.3 is 21.4 Å². The van der Waals surface area contributed by atoms with Gasteiger partial charge in [0.2, 0.25) is 0 Å². The van der Waals surface area contributed by atoms with Crippen LogP contribution >= 0.6 is 12.2 Å². The van der Waals surface area contributed by atoms with Crippen molar-refractivity contribution >= 4 is 29.0 Å². The molecule has 4 N–H and O–H groups in total. The Labute approximate surface area is 164 Å². The predicted octanol–water partition coefficient (Wildman–Crippen LogP) is 3.14. The summed E-state index contributed by atoms with van der Waals surface area (Å²) >= 11 is 4.63. The Kier molecular flexibility index (Phi) is 11.2. The molecule has 2 aromatic carbocycles. The number of carbonyl (C=O) groups is 1. The summed E-state index contributed by atoms with van der Waals surface area (Å²) in [6.07, 6.45) is -0.888. The maximum atomic E-state index is 10.5. The normalized spacial score (nSPS) is 11.2. The summed E-state index contributed by atoms with van der Waals surface area (Å²) in [4.78, 5) is 9.00. The number of rotatable bonds is 4. The van der Waals surface area contributed by atoms with Crippen LogP contribution in [0.4, 0.5) is 0 Å². The molecule has 0 saturated heterocycles. The van der Waals surface area contributed by atoms with Crippen LogP contribution in [0.3, 0.4) is 0 Å². The molecule has 0 aliphatic heterocycles. The number of nitrogens with zero attached hydrogens (tertiary/aromatic N) is 1. The van der Waals surface area contributed by atoms with Crippen LogP contribution in [0.2, 0.25) is 0 Å². The van der Waals surface area contributed by atoms with Gasteiger partial charge >= 0.3 is 0 Å². The van der Waals surface area contributed by atoms with Crippen molar-refractivity contribution in [1.29, 1.82) is 0 Å². The molecule has 0 spiro atoms. The zero-order valence-electron chi connectivity index (χ0n) is 13.7. The van der Waals surface area contributed by atoms with Gasteiger partial charge in [-0.25, -0.2) is 0 Å². The summed E-state index contributed by atoms with van der Waals surface area (Å²) in [6, 6.07) is 18.5. The topological polar surface area (TPSA) is 106 Å². The van der Waals surface area contributed by atoms with Crippen LogP contribution in [0.15, 0.2) is 65.8 Å². The maximum Gasteiger partial charge on any atom is 0.300 e. The second kappa shape index (κ2) is 12.2. The van der Waals surface area contributed by atoms with Crippen LogP contribution in [0.1, 0.15) is 24.2 Å². The van der Waals surface area contributed by atoms with Gasteiger partial charge in [-0.05, 0) is 11.1 Å². The second-order valence-corrected chi connectivity index (χ2v) is 5.04. The van der Waals surface area contributed by atoms with Crippen molar-refractivity contribution in [2.75, 3.05) is 0 Å². The first-order valence-corrected chi connectivity index (χ1v) is 7.39. The van der Waals surface area contributed by atoms with Gasteiger partial charge in [-0.3, -0.25) is 9.90 Å². The number of hydrogen-bond acceptors (Lipinski definition) is 4. The molecule has 0 aliphatic rings. The van der Waals surface area contributed by atoms with E-state index in [1.54, 1.807) is 0 Å². The number of carboxylic acids is 1. The van der Waals surface area contributed by atoms with Gasteiger partial charge in [-0.1, -0.05) is 72.9 Å². The number of thiocarbonyl (C=S) groups is 1. The summed E-state index contributed by atoms with van der Waals surface area (Å²) in [7, 11) is 0. The summed E-state index contributed by atoms with van der Waals surface area (Å²) in [5.41, 5.74) is 11.6. The molecule has 2 rings (SSSR count). The van der Waals surface area contributed by atoms with Crippen molar-refractivity contribution in [3.05, 3.63) is 77.5 Å². The Morgan fingerprint density at radius 3 is 2.00 bits per heavy atom. The Hall–Kier alpha value is -2.15. The van der Waals surface area contributed by atoms with Gasteiger partial charge in [0.05, 0.1) is 5.71 Å². The Morgan fingerprint density at radius 2 is 1.56 bits per heavy atom. The van der Waals surface area contributed by atoms with Crippen LogP contribution in [-0.4, -0.2) is 27.0 Å². The quantitative estimate of drug-likeness (QED) is 0.311. The number of aliphatic hydroxyl groups is 1. The van der Waals surface area contributed by atoms with Gasteiger partial charge in [-0.15, -0.1) is 0 Å². The van der Waals surface area contributed by atoms with E-state index in [9.17, 15) is 5.11 Å². The fourth-order valence-electron chi connectivity index (χ4n) is 1.80. The summed E-state index contributed by atoms with van der Waals surface area (Å²) in [5.74, 6) is -0.833. The number of nitrogens with one attached hydrogen (secondary N) is 2. The van der Waals surface area contributed by atoms with E-state index < -0.39 is 12.1 Å². The zero-order chi connectivity index (χ0) is 17.9. The molecule has 0 aliphatic carbocycles. The fraction of sp³-hybridized carbons (Fsp3) is 0.118. The van der Waals surface area contributed by atoms with E-state index in [1.165, 1.54) is 0 Å². The zero-order valence-corrected chi connectivity index (χ0v) is 17.5. The van der Waals surface area contributed by atoms with E-state index in [4.69, 9.17) is 15.6 Å². The third-order valence-electron chi connectivity index (χ3n) is 2.72. The van der Waals surface area contributed by atoms with Crippen molar-refractivity contribution < 1.29 is 34.5 Å². The predicted molar refractivity (Wildman–Crippen MR) is 97.7 cm³/mol. The smallest absolute Gasteiger partial charge is 0.300 e. The van der Waals surface area contributed by atoms with Crippen LogP contribution in [0.25, 0.3) is 5.73 Å². The molecule has 0 saturated carbocycles. The fourth-order valence-corrected chi connectivity index (χ4v) is 1.84. The molecular weight excluding hydrogens is 392 g/mol. The molecule has 0 amide bonds. The van der Waals surface area contributed by atoms with Crippen LogP contribution < -0.4 is 5.43 Å². The summed E-state index contributed by atoms with van der Waals surface area (Å²) < 4.78 is 0. The van der Waals surface area contributed by atoms with Crippen molar-refractivity contribution in [1.82, 2.24) is 5.43 Å². The molecule has 0 radical (unpaired) electrons. The Morgan fingerprint density at radius 1 is 1.12 bits per heavy atom. The maximum absolute atomic E-state index is 10.5. The number of hydrogen-bond donors (Lipinski definition) is 3. The largest absolute Gasteiger partial charge is 0.481 e. The molecular formula is C17H18N3O3SZn-. The van der Waals surface area contributed by atoms with Gasteiger partial charge in [0, 0.05) is 31.5 Å². The minimum absolute atomic E-state index is 0. The summed E-state index contributed by atoms with van der Waals surface area (Å²) in [5, 5.41) is 21.8. The van der Waals surface area contributed by atoms with Crippen LogP contribution in [0, 0.1) is 0 Å². The van der Waals surface area contributed by atoms with Crippen molar-refractivity contribution in [3.63, 3.8) is 0 Å². The van der Waals surface area contributed by atoms with Crippen molar-refractivity contribution in [3.8, 4) is 0 Å². The van der Waals surface area contributed by atoms with E-state index in [-0.39, 0.29) is 24.6 Å². The van der Waals surface area contributed by atoms with E-state index in [0.717, 1.165) is 18.1 Å². The van der Waals surface area contributed by atoms with Crippen LogP contribution in [0.5, 0.6) is 0 Å². The molecule has 2 aromatic rings. The number of aliphatic hydroxyl groups excluding tert-OH is 1. The van der Waals surface area contributed by atoms with E-state index >= 15 is 0 Å². The third-order valence-corrected chi connectivity index (χ3v) is 2.81. The number of hydrazone groups is 1. The van der Waals surface area contributed by atoms with Gasteiger partial charge in [0.25, 0.3) is 5.97 Å². The monoisotopic (exact) mass is 408 g/mol. The Bertz CT molecular complexity index is 693. The SMILES string of the molecule is CC(=O)O.[NH-]C(=S)N/N=C(\c1ccccc1)C(O)c1ccccc1.[Zn]. The third kappa shape index (κ3) is 9.05. The minimum Gasteiger partial charge on any atom is -0.481 e. The second-order valence-electron chi connectivity index (χ2n) is 4.64. The standard InChI is InChI=1S/C15H15N3OS.C2H4O2.Zn/c16-15(20)18-17-13(11-7-3-1-4-8-11)14(19)12-9-5-2-6-10-12;1-2(3)4;/h1-10,14,19H,(H3,16,18,20);1H3,(H,3,4);/p-1/b17-13+;;. The van der Waals surface area contributed by atoms with Gasteiger partial charge in [-0.2, -0.15) is 0 Å². The van der Waals surface area contributed by atoms with Crippen molar-refractivity contribution in [2.45, 2.75) is 13.0 Å². The first-order chi connectivity index (χ1) is 11.4. The van der Waals surface area contributed by atoms with E-state index in [0.29, 0.717) is 5.71 Å². The molecule has 25 heavy (non-hydrogen) atoms.